The first kappa shape index (κ1) is 15.8. The molecule has 1 N–H and O–H groups in total. The van der Waals surface area contributed by atoms with Crippen LogP contribution in [0.25, 0.3) is 0 Å². The second-order valence-electron chi connectivity index (χ2n) is 4.29. The number of unbranched alkanes of at least 4 members (excludes halogenated alkanes) is 1. The van der Waals surface area contributed by atoms with E-state index in [1.807, 2.05) is 19.9 Å². The highest BCUT2D eigenvalue weighted by Crippen LogP contribution is 2.30. The van der Waals surface area contributed by atoms with Crippen LogP contribution in [0.4, 0.5) is 0 Å². The van der Waals surface area contributed by atoms with Gasteiger partial charge in [-0.1, -0.05) is 13.3 Å². The van der Waals surface area contributed by atoms with Crippen LogP contribution in [0, 0.1) is 11.3 Å². The molecule has 0 aromatic heterocycles. The van der Waals surface area contributed by atoms with Crippen LogP contribution in [0.2, 0.25) is 0 Å². The van der Waals surface area contributed by atoms with Crippen molar-refractivity contribution in [3.8, 4) is 17.6 Å². The summed E-state index contributed by atoms with van der Waals surface area (Å²) in [4.78, 5) is 11.2. The van der Waals surface area contributed by atoms with Gasteiger partial charge in [-0.25, -0.2) is 4.79 Å². The van der Waals surface area contributed by atoms with Crippen LogP contribution in [-0.2, 0) is 4.79 Å². The molecule has 0 heterocycles. The van der Waals surface area contributed by atoms with Gasteiger partial charge in [0.25, 0.3) is 0 Å². The van der Waals surface area contributed by atoms with Crippen LogP contribution in [-0.4, -0.2) is 23.8 Å². The van der Waals surface area contributed by atoms with E-state index in [9.17, 15) is 4.79 Å². The predicted molar refractivity (Wildman–Crippen MR) is 73.9 cm³/mol. The summed E-state index contributed by atoms with van der Waals surface area (Å²) in [6, 6.07) is 6.72. The summed E-state index contributed by atoms with van der Waals surface area (Å²) >= 11 is 0. The molecule has 0 saturated heterocycles. The molecule has 1 aromatic carbocycles. The lowest BCUT2D eigenvalue weighted by molar-refractivity contribution is -0.145. The summed E-state index contributed by atoms with van der Waals surface area (Å²) in [5, 5.41) is 18.0. The summed E-state index contributed by atoms with van der Waals surface area (Å²) in [7, 11) is 0. The van der Waals surface area contributed by atoms with E-state index in [1.54, 1.807) is 18.2 Å². The molecule has 0 amide bonds. The highest BCUT2D eigenvalue weighted by Gasteiger charge is 2.20. The number of ether oxygens (including phenoxy) is 2. The highest BCUT2D eigenvalue weighted by atomic mass is 16.5. The van der Waals surface area contributed by atoms with Gasteiger partial charge in [-0.15, -0.1) is 0 Å². The average Bonchev–Trinajstić information content (AvgIpc) is 2.44. The molecule has 20 heavy (non-hydrogen) atoms. The van der Waals surface area contributed by atoms with Crippen LogP contribution in [0.3, 0.4) is 0 Å². The Labute approximate surface area is 118 Å². The smallest absolute Gasteiger partial charge is 0.344 e. The quantitative estimate of drug-likeness (QED) is 0.790. The average molecular weight is 277 g/mol. The van der Waals surface area contributed by atoms with E-state index in [2.05, 4.69) is 0 Å². The Morgan fingerprint density at radius 1 is 1.40 bits per heavy atom. The fraction of sp³-hybridized carbons (Fsp3) is 0.467. The van der Waals surface area contributed by atoms with Gasteiger partial charge in [-0.05, 0) is 31.9 Å². The van der Waals surface area contributed by atoms with Crippen molar-refractivity contribution in [3.63, 3.8) is 0 Å². The zero-order valence-corrected chi connectivity index (χ0v) is 11.8. The Morgan fingerprint density at radius 2 is 2.15 bits per heavy atom. The fourth-order valence-corrected chi connectivity index (χ4v) is 1.72. The molecular formula is C15H19NO4. The van der Waals surface area contributed by atoms with Crippen molar-refractivity contribution in [1.82, 2.24) is 0 Å². The minimum atomic E-state index is -0.995. The molecule has 108 valence electrons. The Bertz CT molecular complexity index is 493. The van der Waals surface area contributed by atoms with Gasteiger partial charge in [0.05, 0.1) is 18.2 Å². The van der Waals surface area contributed by atoms with Gasteiger partial charge in [0.15, 0.2) is 17.6 Å². The molecule has 0 bridgehead atoms. The number of carboxylic acid groups (broad SMARTS) is 1. The lowest BCUT2D eigenvalue weighted by atomic mass is 10.1. The molecule has 0 aliphatic heterocycles. The minimum absolute atomic E-state index is 0.356. The standard InChI is InChI=1S/C15H19NO4/c1-3-5-6-13(15(17)18)20-12-8-7-11(10-16)9-14(12)19-4-2/h7-9,13H,3-6H2,1-2H3,(H,17,18). The number of hydrogen-bond acceptors (Lipinski definition) is 4. The number of carboxylic acids is 1. The maximum absolute atomic E-state index is 11.2. The van der Waals surface area contributed by atoms with Crippen LogP contribution < -0.4 is 9.47 Å². The van der Waals surface area contributed by atoms with Crippen LogP contribution >= 0.6 is 0 Å². The maximum Gasteiger partial charge on any atom is 0.344 e. The molecule has 5 nitrogen and oxygen atoms in total. The van der Waals surface area contributed by atoms with Crippen molar-refractivity contribution >= 4 is 5.97 Å². The second-order valence-corrected chi connectivity index (χ2v) is 4.29. The highest BCUT2D eigenvalue weighted by molar-refractivity contribution is 5.73. The SMILES string of the molecule is CCCCC(Oc1ccc(C#N)cc1OCC)C(=O)O. The molecular weight excluding hydrogens is 258 g/mol. The summed E-state index contributed by atoms with van der Waals surface area (Å²) in [5.41, 5.74) is 0.446. The summed E-state index contributed by atoms with van der Waals surface area (Å²) in [6.45, 7) is 4.22. The number of nitrogens with zero attached hydrogens (tertiary/aromatic N) is 1. The van der Waals surface area contributed by atoms with E-state index in [0.29, 0.717) is 30.1 Å². The first-order valence-electron chi connectivity index (χ1n) is 6.68. The van der Waals surface area contributed by atoms with Crippen molar-refractivity contribution in [3.05, 3.63) is 23.8 Å². The monoisotopic (exact) mass is 277 g/mol. The summed E-state index contributed by atoms with van der Waals surface area (Å²) in [6.07, 6.45) is 1.22. The van der Waals surface area contributed by atoms with Gasteiger partial charge in [0.2, 0.25) is 0 Å². The molecule has 1 aromatic rings. The molecule has 0 aliphatic carbocycles. The Balaban J connectivity index is 2.93. The van der Waals surface area contributed by atoms with E-state index >= 15 is 0 Å². The second kappa shape index (κ2) is 8.05. The van der Waals surface area contributed by atoms with Gasteiger partial charge >= 0.3 is 5.97 Å². The largest absolute Gasteiger partial charge is 0.490 e. The Morgan fingerprint density at radius 3 is 2.70 bits per heavy atom. The number of carbonyl (C=O) groups is 1. The van der Waals surface area contributed by atoms with E-state index in [1.165, 1.54) is 0 Å². The number of benzene rings is 1. The van der Waals surface area contributed by atoms with Crippen molar-refractivity contribution in [2.24, 2.45) is 0 Å². The Kier molecular flexibility index (Phi) is 6.38. The van der Waals surface area contributed by atoms with Crippen LogP contribution in [0.5, 0.6) is 11.5 Å². The van der Waals surface area contributed by atoms with Gasteiger partial charge in [-0.3, -0.25) is 0 Å². The molecule has 0 aliphatic rings. The van der Waals surface area contributed by atoms with E-state index in [0.717, 1.165) is 12.8 Å². The zero-order chi connectivity index (χ0) is 15.0. The molecule has 1 atom stereocenters. The van der Waals surface area contributed by atoms with E-state index < -0.39 is 12.1 Å². The molecule has 1 rings (SSSR count). The lowest BCUT2D eigenvalue weighted by Crippen LogP contribution is -2.27. The molecule has 5 heteroatoms. The van der Waals surface area contributed by atoms with Crippen LogP contribution in [0.1, 0.15) is 38.7 Å². The summed E-state index contributed by atoms with van der Waals surface area (Å²) < 4.78 is 10.9. The first-order valence-corrected chi connectivity index (χ1v) is 6.68. The van der Waals surface area contributed by atoms with E-state index in [-0.39, 0.29) is 0 Å². The molecule has 0 fully saturated rings. The molecule has 0 spiro atoms. The zero-order valence-electron chi connectivity index (χ0n) is 11.8. The van der Waals surface area contributed by atoms with E-state index in [4.69, 9.17) is 19.8 Å². The van der Waals surface area contributed by atoms with Crippen LogP contribution in [0.15, 0.2) is 18.2 Å². The summed E-state index contributed by atoms with van der Waals surface area (Å²) in [5.74, 6) is -0.242. The predicted octanol–water partition coefficient (Wildman–Crippen LogP) is 2.98. The number of rotatable bonds is 8. The van der Waals surface area contributed by atoms with Crippen molar-refractivity contribution < 1.29 is 19.4 Å². The molecule has 0 radical (unpaired) electrons. The minimum Gasteiger partial charge on any atom is -0.490 e. The fourth-order valence-electron chi connectivity index (χ4n) is 1.72. The van der Waals surface area contributed by atoms with Gasteiger partial charge in [-0.2, -0.15) is 5.26 Å². The first-order chi connectivity index (χ1) is 9.62. The number of aliphatic carboxylic acids is 1. The normalized spacial score (nSPS) is 11.4. The molecule has 1 unspecified atom stereocenters. The maximum atomic E-state index is 11.2. The van der Waals surface area contributed by atoms with Crippen molar-refractivity contribution in [2.75, 3.05) is 6.61 Å². The Hall–Kier alpha value is -2.22. The number of nitriles is 1. The topological polar surface area (TPSA) is 79.5 Å². The van der Waals surface area contributed by atoms with Crippen molar-refractivity contribution in [2.45, 2.75) is 39.2 Å². The number of hydrogen-bond donors (Lipinski definition) is 1. The third kappa shape index (κ3) is 4.47. The third-order valence-electron chi connectivity index (χ3n) is 2.74. The third-order valence-corrected chi connectivity index (χ3v) is 2.74. The van der Waals surface area contributed by atoms with Gasteiger partial charge < -0.3 is 14.6 Å². The lowest BCUT2D eigenvalue weighted by Gasteiger charge is -2.17. The van der Waals surface area contributed by atoms with Crippen molar-refractivity contribution in [1.29, 1.82) is 5.26 Å². The van der Waals surface area contributed by atoms with Gasteiger partial charge in [0.1, 0.15) is 0 Å². The van der Waals surface area contributed by atoms with Gasteiger partial charge in [0, 0.05) is 6.07 Å². The molecule has 0 saturated carbocycles.